The minimum Gasteiger partial charge on any atom is -0.456 e. The zero-order valence-corrected chi connectivity index (χ0v) is 22.1. The first-order chi connectivity index (χ1) is 19.0. The van der Waals surface area contributed by atoms with E-state index in [1.165, 1.54) is 5.56 Å². The molecule has 0 unspecified atom stereocenters. The van der Waals surface area contributed by atoms with Crippen LogP contribution < -0.4 is 0 Å². The van der Waals surface area contributed by atoms with Gasteiger partial charge in [0.15, 0.2) is 0 Å². The summed E-state index contributed by atoms with van der Waals surface area (Å²) in [4.78, 5) is 14.3. The van der Waals surface area contributed by atoms with Crippen LogP contribution in [0.4, 0.5) is 0 Å². The molecule has 0 radical (unpaired) electrons. The summed E-state index contributed by atoms with van der Waals surface area (Å²) >= 11 is 6.58. The summed E-state index contributed by atoms with van der Waals surface area (Å²) in [5, 5.41) is 3.52. The van der Waals surface area contributed by atoms with Crippen molar-refractivity contribution in [3.63, 3.8) is 0 Å². The Morgan fingerprint density at radius 1 is 0.718 bits per heavy atom. The van der Waals surface area contributed by atoms with E-state index in [2.05, 4.69) is 79.5 Å². The maximum Gasteiger partial charge on any atom is 0.223 e. The Hall–Kier alpha value is -4.54. The lowest BCUT2D eigenvalue weighted by Crippen LogP contribution is -2.17. The molecule has 186 valence electrons. The first-order valence-corrected chi connectivity index (χ1v) is 13.4. The van der Waals surface area contributed by atoms with Crippen molar-refractivity contribution in [1.82, 2.24) is 15.0 Å². The summed E-state index contributed by atoms with van der Waals surface area (Å²) in [5.74, 6) is 0. The number of aromatic nitrogens is 3. The maximum absolute atomic E-state index is 6.58. The minimum absolute atomic E-state index is 0.250. The van der Waals surface area contributed by atoms with Crippen molar-refractivity contribution in [2.45, 2.75) is 19.3 Å². The number of hydrogen-bond acceptors (Lipinski definition) is 4. The van der Waals surface area contributed by atoms with Crippen LogP contribution >= 0.6 is 11.6 Å². The van der Waals surface area contributed by atoms with Crippen molar-refractivity contribution < 1.29 is 4.42 Å². The molecule has 39 heavy (non-hydrogen) atoms. The molecule has 0 N–H and O–H groups in total. The van der Waals surface area contributed by atoms with Crippen LogP contribution in [0.25, 0.3) is 66.4 Å². The van der Waals surface area contributed by atoms with Gasteiger partial charge in [0.25, 0.3) is 0 Å². The van der Waals surface area contributed by atoms with Crippen molar-refractivity contribution in [2.24, 2.45) is 0 Å². The lowest BCUT2D eigenvalue weighted by Gasteiger charge is -2.21. The van der Waals surface area contributed by atoms with E-state index in [4.69, 9.17) is 26.0 Å². The molecule has 0 bridgehead atoms. The summed E-state index contributed by atoms with van der Waals surface area (Å²) in [7, 11) is 0. The molecule has 0 fully saturated rings. The van der Waals surface area contributed by atoms with Gasteiger partial charge in [0, 0.05) is 44.5 Å². The first-order valence-electron chi connectivity index (χ1n) is 13.0. The van der Waals surface area contributed by atoms with Crippen LogP contribution in [0.5, 0.6) is 0 Å². The molecule has 0 saturated heterocycles. The molecule has 4 nitrogen and oxygen atoms in total. The van der Waals surface area contributed by atoms with Crippen molar-refractivity contribution in [3.05, 3.63) is 114 Å². The van der Waals surface area contributed by atoms with Crippen LogP contribution in [0.1, 0.15) is 25.1 Å². The van der Waals surface area contributed by atoms with Crippen molar-refractivity contribution in [1.29, 1.82) is 0 Å². The predicted molar refractivity (Wildman–Crippen MR) is 158 cm³/mol. The Morgan fingerprint density at radius 3 is 2.46 bits per heavy atom. The van der Waals surface area contributed by atoms with Crippen molar-refractivity contribution >= 4 is 44.4 Å². The third kappa shape index (κ3) is 3.22. The van der Waals surface area contributed by atoms with Crippen LogP contribution in [0.3, 0.4) is 0 Å². The average Bonchev–Trinajstić information content (AvgIpc) is 3.44. The monoisotopic (exact) mass is 523 g/mol. The summed E-state index contributed by atoms with van der Waals surface area (Å²) < 4.78 is 6.07. The molecule has 0 amide bonds. The second-order valence-corrected chi connectivity index (χ2v) is 11.0. The van der Waals surface area contributed by atoms with Gasteiger partial charge in [-0.15, -0.1) is 0 Å². The van der Waals surface area contributed by atoms with Crippen molar-refractivity contribution in [2.75, 3.05) is 0 Å². The second kappa shape index (κ2) is 7.98. The van der Waals surface area contributed by atoms with Gasteiger partial charge in [-0.3, -0.25) is 4.98 Å². The number of benzene rings is 4. The Balaban J connectivity index is 1.36. The second-order valence-electron chi connectivity index (χ2n) is 10.6. The Kier molecular flexibility index (Phi) is 4.59. The molecular weight excluding hydrogens is 502 g/mol. The molecule has 0 saturated carbocycles. The molecule has 7 aromatic rings. The van der Waals surface area contributed by atoms with Gasteiger partial charge in [-0.05, 0) is 64.7 Å². The summed E-state index contributed by atoms with van der Waals surface area (Å²) in [6.45, 7) is 4.42. The molecule has 0 aliphatic heterocycles. The standard InChI is InChI=1S/C34H22ClN3O/c1-34(2)26-18-20(22-10-5-7-19-8-6-16-36-30(19)22)12-14-24(26)29-31(37-33(35)38-32(29)34)21-13-15-28-25(17-21)23-9-3-4-11-27(23)39-28/h3-18H,1-2H3. The van der Waals surface area contributed by atoms with Crippen molar-refractivity contribution in [3.8, 4) is 33.5 Å². The fourth-order valence-electron chi connectivity index (χ4n) is 6.13. The lowest BCUT2D eigenvalue weighted by atomic mass is 9.84. The van der Waals surface area contributed by atoms with E-state index in [1.807, 2.05) is 36.5 Å². The zero-order valence-electron chi connectivity index (χ0n) is 21.4. The van der Waals surface area contributed by atoms with Crippen LogP contribution in [-0.2, 0) is 5.41 Å². The molecule has 0 atom stereocenters. The number of para-hydroxylation sites is 2. The number of nitrogens with zero attached hydrogens (tertiary/aromatic N) is 3. The van der Waals surface area contributed by atoms with Crippen LogP contribution in [0.2, 0.25) is 5.28 Å². The lowest BCUT2D eigenvalue weighted by molar-refractivity contribution is 0.635. The third-order valence-corrected chi connectivity index (χ3v) is 8.20. The quantitative estimate of drug-likeness (QED) is 0.212. The molecular formula is C34H22ClN3O. The third-order valence-electron chi connectivity index (χ3n) is 8.03. The number of rotatable bonds is 2. The van der Waals surface area contributed by atoms with Gasteiger partial charge in [-0.1, -0.05) is 68.4 Å². The SMILES string of the molecule is CC1(C)c2cc(-c3cccc4cccnc34)ccc2-c2c(-c3ccc4oc5ccccc5c4c3)nc(Cl)nc21. The van der Waals surface area contributed by atoms with E-state index in [1.54, 1.807) is 0 Å². The molecule has 1 aliphatic rings. The summed E-state index contributed by atoms with van der Waals surface area (Å²) in [6.07, 6.45) is 1.85. The number of halogens is 1. The molecule has 1 aliphatic carbocycles. The topological polar surface area (TPSA) is 51.8 Å². The molecule has 5 heteroatoms. The normalized spacial score (nSPS) is 13.7. The number of fused-ring (bicyclic) bond motifs is 7. The van der Waals surface area contributed by atoms with E-state index in [0.29, 0.717) is 0 Å². The van der Waals surface area contributed by atoms with Gasteiger partial charge in [-0.25, -0.2) is 9.97 Å². The molecule has 3 aromatic heterocycles. The minimum atomic E-state index is -0.355. The van der Waals surface area contributed by atoms with Crippen LogP contribution in [0, 0.1) is 0 Å². The maximum atomic E-state index is 6.58. The van der Waals surface area contributed by atoms with E-state index < -0.39 is 0 Å². The molecule has 8 rings (SSSR count). The molecule has 0 spiro atoms. The number of pyridine rings is 1. The highest BCUT2D eigenvalue weighted by Gasteiger charge is 2.40. The van der Waals surface area contributed by atoms with E-state index >= 15 is 0 Å². The average molecular weight is 524 g/mol. The highest BCUT2D eigenvalue weighted by atomic mass is 35.5. The zero-order chi connectivity index (χ0) is 26.3. The Labute approximate surface area is 229 Å². The highest BCUT2D eigenvalue weighted by Crippen LogP contribution is 2.52. The van der Waals surface area contributed by atoms with Gasteiger partial charge in [0.2, 0.25) is 5.28 Å². The van der Waals surface area contributed by atoms with Gasteiger partial charge < -0.3 is 4.42 Å². The summed E-state index contributed by atoms with van der Waals surface area (Å²) in [6, 6.07) is 31.4. The predicted octanol–water partition coefficient (Wildman–Crippen LogP) is 9.22. The van der Waals surface area contributed by atoms with Gasteiger partial charge >= 0.3 is 0 Å². The van der Waals surface area contributed by atoms with Gasteiger partial charge in [0.1, 0.15) is 11.2 Å². The Bertz CT molecular complexity index is 2120. The van der Waals surface area contributed by atoms with Crippen LogP contribution in [0.15, 0.2) is 102 Å². The number of hydrogen-bond donors (Lipinski definition) is 0. The van der Waals surface area contributed by atoms with E-state index in [0.717, 1.165) is 72.0 Å². The van der Waals surface area contributed by atoms with E-state index in [9.17, 15) is 0 Å². The molecule has 4 aromatic carbocycles. The highest BCUT2D eigenvalue weighted by molar-refractivity contribution is 6.28. The largest absolute Gasteiger partial charge is 0.456 e. The Morgan fingerprint density at radius 2 is 1.54 bits per heavy atom. The molecule has 3 heterocycles. The smallest absolute Gasteiger partial charge is 0.223 e. The first kappa shape index (κ1) is 22.4. The fourth-order valence-corrected chi connectivity index (χ4v) is 6.30. The van der Waals surface area contributed by atoms with Gasteiger partial charge in [-0.2, -0.15) is 0 Å². The van der Waals surface area contributed by atoms with Gasteiger partial charge in [0.05, 0.1) is 16.9 Å². The van der Waals surface area contributed by atoms with Crippen LogP contribution in [-0.4, -0.2) is 15.0 Å². The van der Waals surface area contributed by atoms with E-state index in [-0.39, 0.29) is 10.7 Å². The summed E-state index contributed by atoms with van der Waals surface area (Å²) in [5.41, 5.74) is 10.8. The number of furan rings is 1. The fraction of sp³-hybridized carbons (Fsp3) is 0.0882.